The van der Waals surface area contributed by atoms with E-state index in [1.807, 2.05) is 0 Å². The number of nitrogens with zero attached hydrogens (tertiary/aromatic N) is 1. The molecule has 0 saturated carbocycles. The van der Waals surface area contributed by atoms with E-state index < -0.39 is 61.4 Å². The molecule has 2 fully saturated rings. The second-order valence-corrected chi connectivity index (χ2v) is 12.2. The highest BCUT2D eigenvalue weighted by Crippen LogP contribution is 2.49. The van der Waals surface area contributed by atoms with E-state index in [2.05, 4.69) is 6.58 Å². The van der Waals surface area contributed by atoms with Crippen molar-refractivity contribution in [2.75, 3.05) is 27.4 Å². The first-order valence-electron chi connectivity index (χ1n) is 15.8. The molecule has 6 rings (SSSR count). The number of phenols is 2. The number of amides is 1. The second-order valence-electron chi connectivity index (χ2n) is 12.2. The van der Waals surface area contributed by atoms with Gasteiger partial charge in [-0.15, -0.1) is 6.58 Å². The number of carbonyl (C=O) groups excluding carboxylic acids is 2. The molecule has 5 N–H and O–H groups in total. The molecule has 0 spiro atoms. The maximum absolute atomic E-state index is 13.7. The molecule has 4 aliphatic heterocycles. The normalized spacial score (nSPS) is 30.7. The van der Waals surface area contributed by atoms with Crippen molar-refractivity contribution in [1.82, 2.24) is 4.90 Å². The summed E-state index contributed by atoms with van der Waals surface area (Å²) in [6.07, 6.45) is -2.38. The third kappa shape index (κ3) is 6.45. The highest BCUT2D eigenvalue weighted by atomic mass is 16.8. The molecule has 14 heteroatoms. The van der Waals surface area contributed by atoms with E-state index in [0.717, 1.165) is 17.2 Å². The van der Waals surface area contributed by atoms with Gasteiger partial charge in [0.2, 0.25) is 12.6 Å². The molecular weight excluding hydrogens is 642 g/mol. The van der Waals surface area contributed by atoms with Crippen molar-refractivity contribution in [3.8, 4) is 23.0 Å². The van der Waals surface area contributed by atoms with Gasteiger partial charge in [-0.05, 0) is 59.9 Å². The number of benzene rings is 2. The lowest BCUT2D eigenvalue weighted by molar-refractivity contribution is -0.340. The van der Waals surface area contributed by atoms with Gasteiger partial charge in [0.25, 0.3) is 5.91 Å². The Morgan fingerprint density at radius 3 is 2.53 bits per heavy atom. The first kappa shape index (κ1) is 34.3. The van der Waals surface area contributed by atoms with Gasteiger partial charge in [0.05, 0.1) is 38.7 Å². The average molecular weight is 682 g/mol. The monoisotopic (exact) mass is 681 g/mol. The highest BCUT2D eigenvalue weighted by Gasteiger charge is 2.52. The van der Waals surface area contributed by atoms with Gasteiger partial charge < -0.3 is 58.9 Å². The first-order chi connectivity index (χ1) is 23.6. The second kappa shape index (κ2) is 14.1. The maximum atomic E-state index is 13.7. The summed E-state index contributed by atoms with van der Waals surface area (Å²) in [6.45, 7) is 3.76. The molecule has 0 radical (unpaired) electrons. The van der Waals surface area contributed by atoms with Crippen molar-refractivity contribution >= 4 is 18.0 Å². The predicted molar refractivity (Wildman–Crippen MR) is 170 cm³/mol. The smallest absolute Gasteiger partial charge is 0.331 e. The molecule has 4 heterocycles. The van der Waals surface area contributed by atoms with Crippen molar-refractivity contribution in [3.63, 3.8) is 0 Å². The lowest BCUT2D eigenvalue weighted by atomic mass is 9.73. The van der Waals surface area contributed by atoms with Gasteiger partial charge in [0.1, 0.15) is 18.3 Å². The van der Waals surface area contributed by atoms with Gasteiger partial charge in [-0.3, -0.25) is 4.79 Å². The fourth-order valence-corrected chi connectivity index (χ4v) is 6.95. The molecule has 14 nitrogen and oxygen atoms in total. The minimum Gasteiger partial charge on any atom is -0.504 e. The van der Waals surface area contributed by atoms with Crippen LogP contribution in [0.3, 0.4) is 0 Å². The van der Waals surface area contributed by atoms with Crippen LogP contribution < -0.4 is 9.47 Å². The predicted octanol–water partition coefficient (Wildman–Crippen LogP) is 1.68. The topological polar surface area (TPSA) is 194 Å². The zero-order valence-corrected chi connectivity index (χ0v) is 26.9. The lowest BCUT2D eigenvalue weighted by Crippen LogP contribution is -2.61. The molecule has 2 saturated heterocycles. The summed E-state index contributed by atoms with van der Waals surface area (Å²) in [5, 5.41) is 51.8. The molecule has 49 heavy (non-hydrogen) atoms. The van der Waals surface area contributed by atoms with Crippen LogP contribution in [-0.2, 0) is 35.0 Å². The van der Waals surface area contributed by atoms with Gasteiger partial charge in [0, 0.05) is 24.5 Å². The number of rotatable bonds is 9. The Morgan fingerprint density at radius 1 is 1.06 bits per heavy atom. The van der Waals surface area contributed by atoms with Crippen LogP contribution in [0.4, 0.5) is 0 Å². The number of carbonyl (C=O) groups is 2. The number of fused-ring (bicyclic) bond motifs is 4. The molecule has 0 unspecified atom stereocenters. The fourth-order valence-electron chi connectivity index (χ4n) is 6.95. The van der Waals surface area contributed by atoms with E-state index in [4.69, 9.17) is 28.4 Å². The first-order valence-corrected chi connectivity index (χ1v) is 15.8. The Labute approximate surface area is 282 Å². The van der Waals surface area contributed by atoms with Gasteiger partial charge in [-0.2, -0.15) is 0 Å². The SMILES string of the molecule is C=C[C@@H]1[C@H](O[C@@H]2O[C@H](CO)[C@@H](O)[C@H](O)[C@H]2OC(=O)/C=C/c2ccc(O)c(OC)c2)OC=C2C(=O)N3CCc4cc(OC)c(O)cc4[C@H]3C[C@H]21. The van der Waals surface area contributed by atoms with E-state index in [9.17, 15) is 35.1 Å². The van der Waals surface area contributed by atoms with E-state index in [1.54, 1.807) is 29.2 Å². The number of hydrogen-bond donors (Lipinski definition) is 5. The number of aliphatic hydroxyl groups excluding tert-OH is 3. The summed E-state index contributed by atoms with van der Waals surface area (Å²) in [5.74, 6) is -1.75. The zero-order chi connectivity index (χ0) is 35.0. The highest BCUT2D eigenvalue weighted by molar-refractivity contribution is 5.95. The Kier molecular flexibility index (Phi) is 9.86. The van der Waals surface area contributed by atoms with Crippen molar-refractivity contribution in [1.29, 1.82) is 0 Å². The van der Waals surface area contributed by atoms with E-state index in [0.29, 0.717) is 36.3 Å². The number of aliphatic hydroxyl groups is 3. The molecule has 0 aromatic heterocycles. The van der Waals surface area contributed by atoms with Crippen LogP contribution >= 0.6 is 0 Å². The summed E-state index contributed by atoms with van der Waals surface area (Å²) in [7, 11) is 2.86. The summed E-state index contributed by atoms with van der Waals surface area (Å²) < 4.78 is 33.8. The molecule has 0 aliphatic carbocycles. The summed E-state index contributed by atoms with van der Waals surface area (Å²) in [4.78, 5) is 28.4. The van der Waals surface area contributed by atoms with Crippen LogP contribution in [-0.4, -0.2) is 107 Å². The van der Waals surface area contributed by atoms with Crippen LogP contribution in [0.25, 0.3) is 6.08 Å². The third-order valence-electron chi connectivity index (χ3n) is 9.52. The van der Waals surface area contributed by atoms with E-state index >= 15 is 0 Å². The molecule has 4 aliphatic rings. The molecule has 2 aromatic rings. The van der Waals surface area contributed by atoms with Crippen LogP contribution in [0.2, 0.25) is 0 Å². The minimum absolute atomic E-state index is 0.0304. The Balaban J connectivity index is 1.23. The van der Waals surface area contributed by atoms with Crippen LogP contribution in [0.15, 0.2) is 60.9 Å². The van der Waals surface area contributed by atoms with Gasteiger partial charge in [-0.25, -0.2) is 4.79 Å². The van der Waals surface area contributed by atoms with Gasteiger partial charge in [-0.1, -0.05) is 12.1 Å². The summed E-state index contributed by atoms with van der Waals surface area (Å²) in [5.41, 5.74) is 2.71. The van der Waals surface area contributed by atoms with Crippen LogP contribution in [0.1, 0.15) is 29.2 Å². The molecule has 9 atom stereocenters. The number of piperidine rings is 1. The number of aromatic hydroxyl groups is 2. The largest absolute Gasteiger partial charge is 0.504 e. The molecule has 262 valence electrons. The Hall–Kier alpha value is -4.60. The Morgan fingerprint density at radius 2 is 1.82 bits per heavy atom. The van der Waals surface area contributed by atoms with Crippen molar-refractivity contribution < 1.29 is 63.5 Å². The van der Waals surface area contributed by atoms with Crippen molar-refractivity contribution in [3.05, 3.63) is 77.6 Å². The number of hydrogen-bond acceptors (Lipinski definition) is 13. The van der Waals surface area contributed by atoms with Crippen molar-refractivity contribution in [2.45, 2.75) is 55.9 Å². The fraction of sp³-hybridized carbons (Fsp3) is 0.429. The minimum atomic E-state index is -1.72. The van der Waals surface area contributed by atoms with E-state index in [1.165, 1.54) is 38.7 Å². The number of phenolic OH excluding ortho intramolecular Hbond substituents is 2. The zero-order valence-electron chi connectivity index (χ0n) is 26.9. The summed E-state index contributed by atoms with van der Waals surface area (Å²) in [6, 6.07) is 7.49. The lowest BCUT2D eigenvalue weighted by Gasteiger charge is -2.49. The average Bonchev–Trinajstić information content (AvgIpc) is 3.10. The quantitative estimate of drug-likeness (QED) is 0.146. The van der Waals surface area contributed by atoms with Gasteiger partial charge >= 0.3 is 5.97 Å². The Bertz CT molecular complexity index is 1660. The number of ether oxygens (including phenoxy) is 6. The van der Waals surface area contributed by atoms with Crippen LogP contribution in [0, 0.1) is 11.8 Å². The number of methoxy groups -OCH3 is 2. The van der Waals surface area contributed by atoms with Crippen molar-refractivity contribution in [2.24, 2.45) is 11.8 Å². The molecular formula is C35H39NO13. The van der Waals surface area contributed by atoms with E-state index in [-0.39, 0.29) is 29.2 Å². The van der Waals surface area contributed by atoms with Crippen LogP contribution in [0.5, 0.6) is 23.0 Å². The standard InChI is InChI=1S/C35H39NO13/c1-4-19-21-13-23-20-14-25(39)27(45-3)12-18(20)9-10-36(23)33(43)22(21)16-46-34(19)49-35-32(31(42)30(41)28(15-37)47-35)48-29(40)8-6-17-5-7-24(38)26(11-17)44-2/h4-8,11-12,14,16,19,21,23,28,30-32,34-35,37-39,41-42H,1,9-10,13,15H2,2-3H3/b8-6+/t19-,21-,23+,28+,30+,31-,32+,34-,35-/m0/s1. The molecule has 1 amide bonds. The van der Waals surface area contributed by atoms with Gasteiger partial charge in [0.15, 0.2) is 29.1 Å². The molecule has 2 aromatic carbocycles. The summed E-state index contributed by atoms with van der Waals surface area (Å²) >= 11 is 0. The number of esters is 1. The maximum Gasteiger partial charge on any atom is 0.331 e. The molecule has 0 bridgehead atoms. The third-order valence-corrected chi connectivity index (χ3v) is 9.52.